The molecule has 0 radical (unpaired) electrons. The lowest BCUT2D eigenvalue weighted by Crippen LogP contribution is -2.30. The van der Waals surface area contributed by atoms with E-state index >= 15 is 0 Å². The monoisotopic (exact) mass is 411 g/mol. The number of amides is 2. The zero-order chi connectivity index (χ0) is 21.4. The van der Waals surface area contributed by atoms with E-state index < -0.39 is 0 Å². The van der Waals surface area contributed by atoms with Crippen molar-refractivity contribution in [1.82, 2.24) is 5.06 Å². The fourth-order valence-electron chi connectivity index (χ4n) is 3.53. The molecule has 0 unspecified atom stereocenters. The fourth-order valence-corrected chi connectivity index (χ4v) is 3.53. The molecule has 1 aliphatic rings. The molecule has 0 aliphatic carbocycles. The summed E-state index contributed by atoms with van der Waals surface area (Å²) in [5.74, 6) is -0.703. The van der Waals surface area contributed by atoms with Crippen LogP contribution in [0.3, 0.4) is 0 Å². The molecular formula is C26H37NO3. The van der Waals surface area contributed by atoms with Gasteiger partial charge in [0, 0.05) is 0 Å². The molecule has 30 heavy (non-hydrogen) atoms. The van der Waals surface area contributed by atoms with Gasteiger partial charge in [0.2, 0.25) is 0 Å². The van der Waals surface area contributed by atoms with Crippen LogP contribution in [0.1, 0.15) is 105 Å². The van der Waals surface area contributed by atoms with Crippen molar-refractivity contribution >= 4 is 11.8 Å². The lowest BCUT2D eigenvalue weighted by Gasteiger charge is -2.13. The molecule has 0 N–H and O–H groups in total. The van der Waals surface area contributed by atoms with Crippen LogP contribution in [0, 0.1) is 0 Å². The SMILES string of the molecule is CCCCC/C=C\C/C=C\CCCCCCCCON1C(=O)c2ccccc2C1=O. The lowest BCUT2D eigenvalue weighted by molar-refractivity contribution is -0.0922. The van der Waals surface area contributed by atoms with Gasteiger partial charge in [-0.25, -0.2) is 0 Å². The summed E-state index contributed by atoms with van der Waals surface area (Å²) in [4.78, 5) is 29.8. The van der Waals surface area contributed by atoms with Crippen molar-refractivity contribution in [3.63, 3.8) is 0 Å². The first-order valence-corrected chi connectivity index (χ1v) is 11.7. The minimum atomic E-state index is -0.351. The van der Waals surface area contributed by atoms with Gasteiger partial charge in [0.25, 0.3) is 11.8 Å². The second-order valence-electron chi connectivity index (χ2n) is 7.87. The third-order valence-electron chi connectivity index (χ3n) is 5.32. The van der Waals surface area contributed by atoms with Crippen molar-refractivity contribution in [3.8, 4) is 0 Å². The predicted molar refractivity (Wildman–Crippen MR) is 122 cm³/mol. The van der Waals surface area contributed by atoms with Gasteiger partial charge in [0.15, 0.2) is 0 Å². The number of rotatable bonds is 16. The van der Waals surface area contributed by atoms with E-state index in [0.717, 1.165) is 37.2 Å². The summed E-state index contributed by atoms with van der Waals surface area (Å²) in [7, 11) is 0. The number of imide groups is 1. The van der Waals surface area contributed by atoms with Crippen LogP contribution in [-0.2, 0) is 4.84 Å². The maximum Gasteiger partial charge on any atom is 0.285 e. The van der Waals surface area contributed by atoms with Gasteiger partial charge in [-0.1, -0.05) is 81.9 Å². The summed E-state index contributed by atoms with van der Waals surface area (Å²) < 4.78 is 0. The minimum absolute atomic E-state index is 0.351. The number of carbonyl (C=O) groups is 2. The normalized spacial score (nSPS) is 13.8. The second-order valence-corrected chi connectivity index (χ2v) is 7.87. The Hall–Kier alpha value is -2.20. The largest absolute Gasteiger partial charge is 0.285 e. The molecule has 0 bridgehead atoms. The molecule has 2 rings (SSSR count). The highest BCUT2D eigenvalue weighted by molar-refractivity contribution is 6.20. The Morgan fingerprint density at radius 2 is 1.27 bits per heavy atom. The van der Waals surface area contributed by atoms with Crippen LogP contribution in [0.2, 0.25) is 0 Å². The topological polar surface area (TPSA) is 46.6 Å². The van der Waals surface area contributed by atoms with Gasteiger partial charge < -0.3 is 0 Å². The molecule has 2 amide bonds. The van der Waals surface area contributed by atoms with Crippen molar-refractivity contribution in [2.24, 2.45) is 0 Å². The van der Waals surface area contributed by atoms with Crippen molar-refractivity contribution < 1.29 is 14.4 Å². The minimum Gasteiger partial charge on any atom is -0.266 e. The lowest BCUT2D eigenvalue weighted by atomic mass is 10.1. The number of hydroxylamine groups is 2. The van der Waals surface area contributed by atoms with Gasteiger partial charge in [-0.05, 0) is 50.7 Å². The number of nitrogens with zero attached hydrogens (tertiary/aromatic N) is 1. The van der Waals surface area contributed by atoms with E-state index in [1.807, 2.05) is 0 Å². The van der Waals surface area contributed by atoms with Crippen molar-refractivity contribution in [1.29, 1.82) is 0 Å². The summed E-state index contributed by atoms with van der Waals surface area (Å²) in [5.41, 5.74) is 0.860. The number of carbonyl (C=O) groups excluding carboxylic acids is 2. The Balaban J connectivity index is 1.41. The van der Waals surface area contributed by atoms with Crippen LogP contribution < -0.4 is 0 Å². The van der Waals surface area contributed by atoms with Gasteiger partial charge >= 0.3 is 0 Å². The number of hydrogen-bond acceptors (Lipinski definition) is 3. The van der Waals surface area contributed by atoms with Gasteiger partial charge in [-0.2, -0.15) is 0 Å². The Morgan fingerprint density at radius 1 is 0.733 bits per heavy atom. The van der Waals surface area contributed by atoms with Crippen LogP contribution in [0.4, 0.5) is 0 Å². The van der Waals surface area contributed by atoms with E-state index in [-0.39, 0.29) is 11.8 Å². The molecule has 1 aromatic rings. The third-order valence-corrected chi connectivity index (χ3v) is 5.32. The van der Waals surface area contributed by atoms with Crippen molar-refractivity contribution in [2.45, 2.75) is 84.0 Å². The fraction of sp³-hybridized carbons (Fsp3) is 0.538. The maximum absolute atomic E-state index is 12.2. The standard InChI is InChI=1S/C26H37NO3/c1-2-3-4-5-6-7-8-9-10-11-12-13-14-15-16-19-22-30-27-25(28)23-20-17-18-21-24(23)26(27)29/h6-7,9-10,17-18,20-21H,2-5,8,11-16,19,22H2,1H3/b7-6-,10-9-. The number of fused-ring (bicyclic) bond motifs is 1. The van der Waals surface area contributed by atoms with Crippen LogP contribution in [0.15, 0.2) is 48.6 Å². The highest BCUT2D eigenvalue weighted by Gasteiger charge is 2.36. The second kappa shape index (κ2) is 14.7. The van der Waals surface area contributed by atoms with Crippen LogP contribution in [-0.4, -0.2) is 23.5 Å². The van der Waals surface area contributed by atoms with Crippen molar-refractivity contribution in [3.05, 3.63) is 59.7 Å². The average molecular weight is 412 g/mol. The number of allylic oxidation sites excluding steroid dienone is 4. The van der Waals surface area contributed by atoms with E-state index in [1.165, 1.54) is 44.9 Å². The Morgan fingerprint density at radius 3 is 1.87 bits per heavy atom. The summed E-state index contributed by atoms with van der Waals surface area (Å²) >= 11 is 0. The third kappa shape index (κ3) is 8.27. The molecule has 1 heterocycles. The van der Waals surface area contributed by atoms with E-state index in [2.05, 4.69) is 31.2 Å². The summed E-state index contributed by atoms with van der Waals surface area (Å²) in [6, 6.07) is 6.85. The zero-order valence-electron chi connectivity index (χ0n) is 18.5. The molecule has 0 saturated heterocycles. The number of benzene rings is 1. The van der Waals surface area contributed by atoms with Gasteiger partial charge in [0.05, 0.1) is 17.7 Å². The first kappa shape index (κ1) is 24.1. The van der Waals surface area contributed by atoms with Gasteiger partial charge in [-0.15, -0.1) is 5.06 Å². The quantitative estimate of drug-likeness (QED) is 0.167. The van der Waals surface area contributed by atoms with Crippen LogP contribution in [0.5, 0.6) is 0 Å². The molecule has 0 saturated carbocycles. The van der Waals surface area contributed by atoms with E-state index in [1.54, 1.807) is 24.3 Å². The van der Waals surface area contributed by atoms with Gasteiger partial charge in [-0.3, -0.25) is 14.4 Å². The van der Waals surface area contributed by atoms with Crippen LogP contribution >= 0.6 is 0 Å². The molecule has 4 nitrogen and oxygen atoms in total. The smallest absolute Gasteiger partial charge is 0.266 e. The van der Waals surface area contributed by atoms with E-state index in [0.29, 0.717) is 17.7 Å². The van der Waals surface area contributed by atoms with Crippen LogP contribution in [0.25, 0.3) is 0 Å². The molecule has 0 atom stereocenters. The van der Waals surface area contributed by atoms with Gasteiger partial charge in [0.1, 0.15) is 0 Å². The molecule has 4 heteroatoms. The molecule has 0 fully saturated rings. The number of unbranched alkanes of at least 4 members (excludes halogenated alkanes) is 9. The summed E-state index contributed by atoms with van der Waals surface area (Å²) in [6.45, 7) is 2.64. The average Bonchev–Trinajstić information content (AvgIpc) is 3.01. The highest BCUT2D eigenvalue weighted by atomic mass is 16.7. The molecule has 0 spiro atoms. The predicted octanol–water partition coefficient (Wildman–Crippen LogP) is 7.03. The molecular weight excluding hydrogens is 374 g/mol. The Labute approximate surface area is 181 Å². The maximum atomic E-state index is 12.2. The van der Waals surface area contributed by atoms with E-state index in [9.17, 15) is 9.59 Å². The van der Waals surface area contributed by atoms with Crippen molar-refractivity contribution in [2.75, 3.05) is 6.61 Å². The zero-order valence-corrected chi connectivity index (χ0v) is 18.5. The molecule has 1 aliphatic heterocycles. The molecule has 1 aromatic carbocycles. The Kier molecular flexibility index (Phi) is 11.8. The first-order chi connectivity index (χ1) is 14.8. The summed E-state index contributed by atoms with van der Waals surface area (Å²) in [6.07, 6.45) is 23.3. The first-order valence-electron chi connectivity index (χ1n) is 11.7. The number of hydrogen-bond donors (Lipinski definition) is 0. The Bertz CT molecular complexity index is 673. The highest BCUT2D eigenvalue weighted by Crippen LogP contribution is 2.22. The van der Waals surface area contributed by atoms with E-state index in [4.69, 9.17) is 4.84 Å². The summed E-state index contributed by atoms with van der Waals surface area (Å²) in [5, 5.41) is 0.914. The molecule has 164 valence electrons. The molecule has 0 aromatic heterocycles.